The van der Waals surface area contributed by atoms with Gasteiger partial charge in [-0.05, 0) is 30.5 Å². The van der Waals surface area contributed by atoms with E-state index in [1.54, 1.807) is 17.0 Å². The number of likely N-dealkylation sites (tertiary alicyclic amines) is 1. The van der Waals surface area contributed by atoms with Gasteiger partial charge >= 0.3 is 0 Å². The highest BCUT2D eigenvalue weighted by Crippen LogP contribution is 2.31. The molecule has 0 saturated carbocycles. The molecule has 130 valence electrons. The SMILES string of the molecule is N#Cc1ncn(CC(=O)N2CCC(F)(Cc3ccc(Cl)cc3)CC2)n1. The summed E-state index contributed by atoms with van der Waals surface area (Å²) in [6.07, 6.45) is 2.26. The van der Waals surface area contributed by atoms with Crippen molar-refractivity contribution >= 4 is 17.5 Å². The number of benzene rings is 1. The fourth-order valence-electron chi connectivity index (χ4n) is 2.96. The summed E-state index contributed by atoms with van der Waals surface area (Å²) < 4.78 is 16.4. The van der Waals surface area contributed by atoms with Crippen LogP contribution in [0.2, 0.25) is 5.02 Å². The third-order valence-corrected chi connectivity index (χ3v) is 4.63. The van der Waals surface area contributed by atoms with E-state index in [9.17, 15) is 4.79 Å². The molecule has 25 heavy (non-hydrogen) atoms. The molecule has 0 atom stereocenters. The van der Waals surface area contributed by atoms with Gasteiger partial charge in [0.25, 0.3) is 5.82 Å². The average molecular weight is 362 g/mol. The van der Waals surface area contributed by atoms with Gasteiger partial charge in [-0.2, -0.15) is 5.26 Å². The van der Waals surface area contributed by atoms with Crippen LogP contribution in [0.25, 0.3) is 0 Å². The van der Waals surface area contributed by atoms with Crippen molar-refractivity contribution in [2.75, 3.05) is 13.1 Å². The molecular formula is C17H17ClFN5O. The molecule has 6 nitrogen and oxygen atoms in total. The maximum Gasteiger partial charge on any atom is 0.252 e. The van der Waals surface area contributed by atoms with Crippen LogP contribution < -0.4 is 0 Å². The number of alkyl halides is 1. The fraction of sp³-hybridized carbons (Fsp3) is 0.412. The molecule has 1 aliphatic rings. The van der Waals surface area contributed by atoms with E-state index in [-0.39, 0.29) is 18.3 Å². The summed E-state index contributed by atoms with van der Waals surface area (Å²) in [5, 5.41) is 13.2. The molecule has 2 heterocycles. The lowest BCUT2D eigenvalue weighted by atomic mass is 9.87. The number of halogens is 2. The summed E-state index contributed by atoms with van der Waals surface area (Å²) in [4.78, 5) is 17.7. The molecule has 2 aromatic rings. The van der Waals surface area contributed by atoms with Crippen LogP contribution in [-0.4, -0.2) is 44.3 Å². The topological polar surface area (TPSA) is 74.8 Å². The standard InChI is InChI=1S/C17H17ClFN5O/c18-14-3-1-13(2-4-14)9-17(19)5-7-23(8-6-17)16(25)11-24-12-21-15(10-20)22-24/h1-4,12H,5-9,11H2. The molecule has 0 unspecified atom stereocenters. The van der Waals surface area contributed by atoms with Gasteiger partial charge in [-0.1, -0.05) is 23.7 Å². The van der Waals surface area contributed by atoms with Gasteiger partial charge in [0.1, 0.15) is 24.6 Å². The van der Waals surface area contributed by atoms with Crippen molar-refractivity contribution in [1.82, 2.24) is 19.7 Å². The van der Waals surface area contributed by atoms with E-state index in [0.29, 0.717) is 37.4 Å². The molecular weight excluding hydrogens is 345 g/mol. The highest BCUT2D eigenvalue weighted by Gasteiger charge is 2.36. The number of aromatic nitrogens is 3. The Hall–Kier alpha value is -2.46. The monoisotopic (exact) mass is 361 g/mol. The summed E-state index contributed by atoms with van der Waals surface area (Å²) in [5.41, 5.74) is -0.412. The minimum Gasteiger partial charge on any atom is -0.341 e. The molecule has 0 radical (unpaired) electrons. The lowest BCUT2D eigenvalue weighted by molar-refractivity contribution is -0.134. The first-order valence-electron chi connectivity index (χ1n) is 7.98. The van der Waals surface area contributed by atoms with E-state index < -0.39 is 5.67 Å². The van der Waals surface area contributed by atoms with Crippen LogP contribution in [-0.2, 0) is 17.8 Å². The normalized spacial score (nSPS) is 16.4. The minimum absolute atomic E-state index is 0.00511. The first-order chi connectivity index (χ1) is 12.0. The number of carbonyl (C=O) groups excluding carboxylic acids is 1. The lowest BCUT2D eigenvalue weighted by Crippen LogP contribution is -2.46. The smallest absolute Gasteiger partial charge is 0.252 e. The Morgan fingerprint density at radius 1 is 1.32 bits per heavy atom. The summed E-state index contributed by atoms with van der Waals surface area (Å²) in [5.74, 6) is -0.125. The van der Waals surface area contributed by atoms with Gasteiger partial charge in [-0.15, -0.1) is 5.10 Å². The third kappa shape index (κ3) is 4.34. The predicted octanol–water partition coefficient (Wildman–Crippen LogP) is 2.38. The number of rotatable bonds is 4. The first kappa shape index (κ1) is 17.4. The van der Waals surface area contributed by atoms with Crippen LogP contribution in [0.4, 0.5) is 4.39 Å². The average Bonchev–Trinajstić information content (AvgIpc) is 3.05. The van der Waals surface area contributed by atoms with Crippen molar-refractivity contribution in [2.45, 2.75) is 31.5 Å². The first-order valence-corrected chi connectivity index (χ1v) is 8.36. The number of piperidine rings is 1. The number of hydrogen-bond acceptors (Lipinski definition) is 4. The fourth-order valence-corrected chi connectivity index (χ4v) is 3.09. The molecule has 1 aliphatic heterocycles. The molecule has 1 fully saturated rings. The molecule has 1 aromatic carbocycles. The van der Waals surface area contributed by atoms with Crippen LogP contribution in [0.15, 0.2) is 30.6 Å². The van der Waals surface area contributed by atoms with E-state index in [1.165, 1.54) is 11.0 Å². The second-order valence-corrected chi connectivity index (χ2v) is 6.65. The Morgan fingerprint density at radius 3 is 2.60 bits per heavy atom. The highest BCUT2D eigenvalue weighted by molar-refractivity contribution is 6.30. The Bertz CT molecular complexity index is 790. The van der Waals surface area contributed by atoms with Gasteiger partial charge in [0.05, 0.1) is 0 Å². The zero-order valence-corrected chi connectivity index (χ0v) is 14.3. The van der Waals surface area contributed by atoms with E-state index >= 15 is 4.39 Å². The third-order valence-electron chi connectivity index (χ3n) is 4.38. The van der Waals surface area contributed by atoms with E-state index in [0.717, 1.165) is 5.56 Å². The van der Waals surface area contributed by atoms with E-state index in [4.69, 9.17) is 16.9 Å². The molecule has 0 spiro atoms. The zero-order chi connectivity index (χ0) is 17.9. The van der Waals surface area contributed by atoms with Gasteiger partial charge in [-0.25, -0.2) is 14.1 Å². The van der Waals surface area contributed by atoms with Crippen molar-refractivity contribution in [3.63, 3.8) is 0 Å². The van der Waals surface area contributed by atoms with Gasteiger partial charge in [0.2, 0.25) is 5.91 Å². The van der Waals surface area contributed by atoms with Crippen LogP contribution in [0.1, 0.15) is 24.2 Å². The highest BCUT2D eigenvalue weighted by atomic mass is 35.5. The number of nitrogens with zero attached hydrogens (tertiary/aromatic N) is 5. The predicted molar refractivity (Wildman–Crippen MR) is 89.5 cm³/mol. The summed E-state index contributed by atoms with van der Waals surface area (Å²) in [6.45, 7) is 0.733. The number of hydrogen-bond donors (Lipinski definition) is 0. The lowest BCUT2D eigenvalue weighted by Gasteiger charge is -2.36. The second-order valence-electron chi connectivity index (χ2n) is 6.21. The van der Waals surface area contributed by atoms with Gasteiger partial charge in [-0.3, -0.25) is 4.79 Å². The van der Waals surface area contributed by atoms with Crippen LogP contribution >= 0.6 is 11.6 Å². The summed E-state index contributed by atoms with van der Waals surface area (Å²) >= 11 is 5.85. The van der Waals surface area contributed by atoms with Crippen LogP contribution in [0, 0.1) is 11.3 Å². The second kappa shape index (κ2) is 7.19. The maximum atomic E-state index is 15.0. The van der Waals surface area contributed by atoms with Gasteiger partial charge in [0, 0.05) is 24.5 Å². The molecule has 8 heteroatoms. The molecule has 0 N–H and O–H groups in total. The molecule has 0 bridgehead atoms. The van der Waals surface area contributed by atoms with Crippen molar-refractivity contribution < 1.29 is 9.18 Å². The maximum absolute atomic E-state index is 15.0. The Kier molecular flexibility index (Phi) is 5.00. The van der Waals surface area contributed by atoms with Gasteiger partial charge < -0.3 is 4.90 Å². The van der Waals surface area contributed by atoms with Gasteiger partial charge in [0.15, 0.2) is 0 Å². The number of amides is 1. The number of nitriles is 1. The van der Waals surface area contributed by atoms with Crippen LogP contribution in [0.5, 0.6) is 0 Å². The van der Waals surface area contributed by atoms with Crippen molar-refractivity contribution in [3.8, 4) is 6.07 Å². The molecule has 3 rings (SSSR count). The summed E-state index contributed by atoms with van der Waals surface area (Å²) in [7, 11) is 0. The minimum atomic E-state index is -1.31. The quantitative estimate of drug-likeness (QED) is 0.837. The van der Waals surface area contributed by atoms with E-state index in [1.807, 2.05) is 18.2 Å². The van der Waals surface area contributed by atoms with Crippen LogP contribution in [0.3, 0.4) is 0 Å². The molecule has 0 aliphatic carbocycles. The molecule has 1 aromatic heterocycles. The van der Waals surface area contributed by atoms with E-state index in [2.05, 4.69) is 10.1 Å². The van der Waals surface area contributed by atoms with Crippen molar-refractivity contribution in [3.05, 3.63) is 47.0 Å². The zero-order valence-electron chi connectivity index (χ0n) is 13.5. The Labute approximate surface area is 149 Å². The largest absolute Gasteiger partial charge is 0.341 e. The van der Waals surface area contributed by atoms with Crippen molar-refractivity contribution in [1.29, 1.82) is 5.26 Å². The Morgan fingerprint density at radius 2 is 2.00 bits per heavy atom. The number of carbonyl (C=O) groups is 1. The summed E-state index contributed by atoms with van der Waals surface area (Å²) in [6, 6.07) is 8.99. The Balaban J connectivity index is 1.54. The van der Waals surface area contributed by atoms with Crippen molar-refractivity contribution in [2.24, 2.45) is 0 Å². The molecule has 1 saturated heterocycles. The molecule has 1 amide bonds.